The molecule has 0 aliphatic rings. The normalized spacial score (nSPS) is 10.6. The van der Waals surface area contributed by atoms with Crippen LogP contribution in [0.25, 0.3) is 0 Å². The summed E-state index contributed by atoms with van der Waals surface area (Å²) in [6.07, 6.45) is 0. The highest BCUT2D eigenvalue weighted by atomic mass is 32.2. The number of thiazole rings is 1. The number of nitrogens with zero attached hydrogens (tertiary/aromatic N) is 2. The third-order valence-electron chi connectivity index (χ3n) is 4.43. The number of rotatable bonds is 8. The van der Waals surface area contributed by atoms with Crippen LogP contribution in [0.4, 0.5) is 5.69 Å². The molecule has 3 aromatic rings. The summed E-state index contributed by atoms with van der Waals surface area (Å²) < 4.78 is 0. The van der Waals surface area contributed by atoms with E-state index in [0.29, 0.717) is 29.9 Å². The number of hydrogen-bond donors (Lipinski definition) is 1. The largest absolute Gasteiger partial charge is 0.339 e. The van der Waals surface area contributed by atoms with Crippen LogP contribution in [0, 0.1) is 0 Å². The van der Waals surface area contributed by atoms with E-state index >= 15 is 0 Å². The zero-order chi connectivity index (χ0) is 20.6. The van der Waals surface area contributed by atoms with Gasteiger partial charge in [-0.25, -0.2) is 4.98 Å². The van der Waals surface area contributed by atoms with Crippen molar-refractivity contribution < 1.29 is 9.59 Å². The SMILES string of the molecule is CCN(CC)C(=O)c1ccc(NC(=O)c2ccccc2SCc2cscn2)cc1. The number of hydrogen-bond acceptors (Lipinski definition) is 5. The number of anilines is 1. The monoisotopic (exact) mass is 425 g/mol. The van der Waals surface area contributed by atoms with Crippen molar-refractivity contribution in [2.75, 3.05) is 18.4 Å². The first-order valence-corrected chi connectivity index (χ1v) is 11.3. The summed E-state index contributed by atoms with van der Waals surface area (Å²) >= 11 is 3.16. The van der Waals surface area contributed by atoms with Crippen molar-refractivity contribution in [3.63, 3.8) is 0 Å². The van der Waals surface area contributed by atoms with Crippen LogP contribution in [-0.4, -0.2) is 34.8 Å². The zero-order valence-corrected chi connectivity index (χ0v) is 18.1. The molecule has 0 atom stereocenters. The first kappa shape index (κ1) is 21.1. The lowest BCUT2D eigenvalue weighted by Crippen LogP contribution is -2.30. The van der Waals surface area contributed by atoms with Crippen LogP contribution < -0.4 is 5.32 Å². The van der Waals surface area contributed by atoms with Gasteiger partial charge in [0.1, 0.15) is 0 Å². The van der Waals surface area contributed by atoms with E-state index in [1.807, 2.05) is 49.0 Å². The van der Waals surface area contributed by atoms with Crippen molar-refractivity contribution in [1.82, 2.24) is 9.88 Å². The molecule has 2 amide bonds. The molecular formula is C22H23N3O2S2. The highest BCUT2D eigenvalue weighted by molar-refractivity contribution is 7.98. The van der Waals surface area contributed by atoms with Gasteiger partial charge in [0.2, 0.25) is 0 Å². The molecule has 3 rings (SSSR count). The Balaban J connectivity index is 1.68. The van der Waals surface area contributed by atoms with Gasteiger partial charge in [0, 0.05) is 40.4 Å². The quantitative estimate of drug-likeness (QED) is 0.506. The average molecular weight is 426 g/mol. The number of amides is 2. The maximum absolute atomic E-state index is 12.8. The minimum atomic E-state index is -0.172. The third kappa shape index (κ3) is 5.46. The molecule has 0 spiro atoms. The Kier molecular flexibility index (Phi) is 7.43. The molecule has 7 heteroatoms. The lowest BCUT2D eigenvalue weighted by molar-refractivity contribution is 0.0773. The van der Waals surface area contributed by atoms with Crippen molar-refractivity contribution in [3.8, 4) is 0 Å². The minimum absolute atomic E-state index is 0.00309. The smallest absolute Gasteiger partial charge is 0.256 e. The molecule has 0 fully saturated rings. The van der Waals surface area contributed by atoms with Gasteiger partial charge in [-0.2, -0.15) is 0 Å². The van der Waals surface area contributed by atoms with Gasteiger partial charge in [0.25, 0.3) is 11.8 Å². The maximum Gasteiger partial charge on any atom is 0.256 e. The topological polar surface area (TPSA) is 62.3 Å². The molecule has 0 saturated heterocycles. The van der Waals surface area contributed by atoms with Gasteiger partial charge >= 0.3 is 0 Å². The molecule has 0 aliphatic heterocycles. The van der Waals surface area contributed by atoms with E-state index in [9.17, 15) is 9.59 Å². The van der Waals surface area contributed by atoms with Gasteiger partial charge in [-0.3, -0.25) is 9.59 Å². The van der Waals surface area contributed by atoms with E-state index in [1.54, 1.807) is 52.3 Å². The van der Waals surface area contributed by atoms with Crippen LogP contribution in [0.15, 0.2) is 64.3 Å². The van der Waals surface area contributed by atoms with Crippen LogP contribution >= 0.6 is 23.1 Å². The molecule has 1 heterocycles. The van der Waals surface area contributed by atoms with Gasteiger partial charge in [0.15, 0.2) is 0 Å². The molecule has 0 radical (unpaired) electrons. The Morgan fingerprint density at radius 1 is 1.07 bits per heavy atom. The lowest BCUT2D eigenvalue weighted by Gasteiger charge is -2.18. The summed E-state index contributed by atoms with van der Waals surface area (Å²) in [4.78, 5) is 32.2. The molecule has 29 heavy (non-hydrogen) atoms. The molecule has 150 valence electrons. The van der Waals surface area contributed by atoms with E-state index in [0.717, 1.165) is 16.3 Å². The lowest BCUT2D eigenvalue weighted by atomic mass is 10.1. The number of benzene rings is 2. The third-order valence-corrected chi connectivity index (χ3v) is 6.17. The fourth-order valence-electron chi connectivity index (χ4n) is 2.83. The summed E-state index contributed by atoms with van der Waals surface area (Å²) in [5, 5.41) is 4.94. The summed E-state index contributed by atoms with van der Waals surface area (Å²) in [6, 6.07) is 14.6. The van der Waals surface area contributed by atoms with Crippen molar-refractivity contribution in [2.24, 2.45) is 0 Å². The predicted molar refractivity (Wildman–Crippen MR) is 120 cm³/mol. The second-order valence-corrected chi connectivity index (χ2v) is 8.01. The summed E-state index contributed by atoms with van der Waals surface area (Å²) in [7, 11) is 0. The average Bonchev–Trinajstić information content (AvgIpc) is 3.27. The van der Waals surface area contributed by atoms with Crippen LogP contribution in [0.1, 0.15) is 40.3 Å². The van der Waals surface area contributed by atoms with Crippen LogP contribution in [0.3, 0.4) is 0 Å². The standard InChI is InChI=1S/C22H23N3O2S2/c1-3-25(4-2)22(27)16-9-11-17(12-10-16)24-21(26)19-7-5-6-8-20(19)29-14-18-13-28-15-23-18/h5-13,15H,3-4,14H2,1-2H3,(H,24,26). The van der Waals surface area contributed by atoms with Gasteiger partial charge in [-0.15, -0.1) is 23.1 Å². The Morgan fingerprint density at radius 2 is 1.79 bits per heavy atom. The molecule has 0 bridgehead atoms. The van der Waals surface area contributed by atoms with Gasteiger partial charge in [0.05, 0.1) is 16.8 Å². The number of nitrogens with one attached hydrogen (secondary N) is 1. The van der Waals surface area contributed by atoms with Crippen molar-refractivity contribution in [1.29, 1.82) is 0 Å². The molecular weight excluding hydrogens is 402 g/mol. The van der Waals surface area contributed by atoms with E-state index in [-0.39, 0.29) is 11.8 Å². The minimum Gasteiger partial charge on any atom is -0.339 e. The highest BCUT2D eigenvalue weighted by Crippen LogP contribution is 2.27. The van der Waals surface area contributed by atoms with Crippen molar-refractivity contribution in [2.45, 2.75) is 24.5 Å². The molecule has 0 aliphatic carbocycles. The summed E-state index contributed by atoms with van der Waals surface area (Å²) in [5.41, 5.74) is 4.71. The number of carbonyl (C=O) groups is 2. The second kappa shape index (κ2) is 10.2. The molecule has 0 saturated carbocycles. The fraction of sp³-hybridized carbons (Fsp3) is 0.227. The van der Waals surface area contributed by atoms with Gasteiger partial charge in [-0.05, 0) is 50.2 Å². The predicted octanol–water partition coefficient (Wildman–Crippen LogP) is 5.17. The number of aromatic nitrogens is 1. The van der Waals surface area contributed by atoms with Crippen molar-refractivity contribution in [3.05, 3.63) is 76.2 Å². The van der Waals surface area contributed by atoms with E-state index in [4.69, 9.17) is 0 Å². The maximum atomic E-state index is 12.8. The van der Waals surface area contributed by atoms with Crippen LogP contribution in [0.5, 0.6) is 0 Å². The fourth-order valence-corrected chi connectivity index (χ4v) is 4.44. The van der Waals surface area contributed by atoms with Crippen LogP contribution in [0.2, 0.25) is 0 Å². The van der Waals surface area contributed by atoms with E-state index in [2.05, 4.69) is 10.3 Å². The molecule has 0 unspecified atom stereocenters. The molecule has 1 N–H and O–H groups in total. The van der Waals surface area contributed by atoms with Crippen LogP contribution in [-0.2, 0) is 5.75 Å². The van der Waals surface area contributed by atoms with E-state index < -0.39 is 0 Å². The molecule has 1 aromatic heterocycles. The summed E-state index contributed by atoms with van der Waals surface area (Å²) in [6.45, 7) is 5.26. The Hall–Kier alpha value is -2.64. The Bertz CT molecular complexity index is 952. The highest BCUT2D eigenvalue weighted by Gasteiger charge is 2.14. The summed E-state index contributed by atoms with van der Waals surface area (Å²) in [5.74, 6) is 0.543. The Morgan fingerprint density at radius 3 is 2.45 bits per heavy atom. The number of thioether (sulfide) groups is 1. The van der Waals surface area contributed by atoms with Gasteiger partial charge < -0.3 is 10.2 Å². The van der Waals surface area contributed by atoms with Crippen molar-refractivity contribution >= 4 is 40.6 Å². The first-order valence-electron chi connectivity index (χ1n) is 9.42. The van der Waals surface area contributed by atoms with E-state index in [1.165, 1.54) is 0 Å². The van der Waals surface area contributed by atoms with Gasteiger partial charge in [-0.1, -0.05) is 12.1 Å². The molecule has 2 aromatic carbocycles. The first-order chi connectivity index (χ1) is 14.1. The molecule has 5 nitrogen and oxygen atoms in total. The number of carbonyl (C=O) groups excluding carboxylic acids is 2. The second-order valence-electron chi connectivity index (χ2n) is 6.27. The zero-order valence-electron chi connectivity index (χ0n) is 16.4. The Labute approximate surface area is 179 Å².